The number of carbonyl (C=O) groups is 1. The van der Waals surface area contributed by atoms with Crippen LogP contribution in [0.1, 0.15) is 16.1 Å². The van der Waals surface area contributed by atoms with Crippen LogP contribution in [0.2, 0.25) is 0 Å². The lowest BCUT2D eigenvalue weighted by Crippen LogP contribution is -2.13. The number of hydrogen-bond donors (Lipinski definition) is 1. The Bertz CT molecular complexity index is 617. The summed E-state index contributed by atoms with van der Waals surface area (Å²) in [7, 11) is 3.66. The lowest BCUT2D eigenvalue weighted by molar-refractivity contribution is 0.0996. The first-order chi connectivity index (χ1) is 9.58. The lowest BCUT2D eigenvalue weighted by Gasteiger charge is -2.05. The fourth-order valence-electron chi connectivity index (χ4n) is 1.63. The van der Waals surface area contributed by atoms with E-state index < -0.39 is 5.91 Å². The summed E-state index contributed by atoms with van der Waals surface area (Å²) in [5, 5.41) is 7.74. The molecular weight excluding hydrogens is 256 g/mol. The van der Waals surface area contributed by atoms with E-state index in [0.29, 0.717) is 12.4 Å². The number of aliphatic imine (C=N–C) groups is 1. The molecule has 2 rings (SSSR count). The van der Waals surface area contributed by atoms with Crippen LogP contribution in [0.5, 0.6) is 0 Å². The van der Waals surface area contributed by atoms with E-state index in [9.17, 15) is 4.79 Å². The van der Waals surface area contributed by atoms with Gasteiger partial charge in [-0.15, -0.1) is 5.10 Å². The minimum atomic E-state index is -0.643. The number of benzene rings is 1. The van der Waals surface area contributed by atoms with Crippen LogP contribution >= 0.6 is 0 Å². The van der Waals surface area contributed by atoms with Crippen molar-refractivity contribution in [3.63, 3.8) is 0 Å². The molecule has 2 aromatic rings. The molecule has 1 amide bonds. The van der Waals surface area contributed by atoms with Gasteiger partial charge in [-0.05, 0) is 5.56 Å². The molecule has 7 heteroatoms. The van der Waals surface area contributed by atoms with Crippen molar-refractivity contribution in [1.29, 1.82) is 0 Å². The van der Waals surface area contributed by atoms with Crippen LogP contribution in [0.25, 0.3) is 0 Å². The van der Waals surface area contributed by atoms with Crippen LogP contribution in [0.15, 0.2) is 35.3 Å². The Hall–Kier alpha value is -2.70. The van der Waals surface area contributed by atoms with Gasteiger partial charge in [-0.3, -0.25) is 4.79 Å². The first kappa shape index (κ1) is 13.7. The summed E-state index contributed by atoms with van der Waals surface area (Å²) in [5.41, 5.74) is 6.39. The zero-order chi connectivity index (χ0) is 14.5. The molecular formula is C13H16N6O. The third-order valence-corrected chi connectivity index (χ3v) is 2.53. The second-order valence-corrected chi connectivity index (χ2v) is 4.48. The molecule has 1 aromatic heterocycles. The van der Waals surface area contributed by atoms with E-state index in [-0.39, 0.29) is 5.69 Å². The van der Waals surface area contributed by atoms with Crippen LogP contribution < -0.4 is 5.73 Å². The highest BCUT2D eigenvalue weighted by atomic mass is 16.1. The standard InChI is InChI=1S/C13H16N6O/c1-18(2)9-15-13-11(12(14)20)16-17-19(13)8-10-6-4-3-5-7-10/h3-7,9H,8H2,1-2H3,(H2,14,20). The van der Waals surface area contributed by atoms with Crippen LogP contribution in [-0.4, -0.2) is 46.2 Å². The zero-order valence-corrected chi connectivity index (χ0v) is 11.4. The first-order valence-corrected chi connectivity index (χ1v) is 6.05. The number of aromatic nitrogens is 3. The average Bonchev–Trinajstić information content (AvgIpc) is 2.80. The van der Waals surface area contributed by atoms with E-state index in [0.717, 1.165) is 5.56 Å². The molecule has 2 N–H and O–H groups in total. The Morgan fingerprint density at radius 3 is 2.70 bits per heavy atom. The number of nitrogens with two attached hydrogens (primary N) is 1. The number of rotatable bonds is 5. The summed E-state index contributed by atoms with van der Waals surface area (Å²) in [6.07, 6.45) is 1.58. The molecule has 7 nitrogen and oxygen atoms in total. The van der Waals surface area contributed by atoms with Crippen molar-refractivity contribution < 1.29 is 4.79 Å². The molecule has 1 heterocycles. The quantitative estimate of drug-likeness (QED) is 0.639. The molecule has 0 saturated heterocycles. The van der Waals surface area contributed by atoms with Gasteiger partial charge in [-0.25, -0.2) is 9.67 Å². The predicted molar refractivity (Wildman–Crippen MR) is 75.9 cm³/mol. The van der Waals surface area contributed by atoms with Gasteiger partial charge in [-0.2, -0.15) is 0 Å². The van der Waals surface area contributed by atoms with Crippen molar-refractivity contribution in [3.05, 3.63) is 41.6 Å². The van der Waals surface area contributed by atoms with Crippen LogP contribution in [-0.2, 0) is 6.54 Å². The number of primary amides is 1. The minimum absolute atomic E-state index is 0.0685. The summed E-state index contributed by atoms with van der Waals surface area (Å²) in [4.78, 5) is 17.3. The molecule has 104 valence electrons. The highest BCUT2D eigenvalue weighted by Gasteiger charge is 2.16. The summed E-state index contributed by atoms with van der Waals surface area (Å²) in [6.45, 7) is 0.473. The Kier molecular flexibility index (Phi) is 4.09. The van der Waals surface area contributed by atoms with Gasteiger partial charge in [0.1, 0.15) is 0 Å². The Balaban J connectivity index is 2.35. The topological polar surface area (TPSA) is 89.4 Å². The maximum Gasteiger partial charge on any atom is 0.273 e. The van der Waals surface area contributed by atoms with Gasteiger partial charge in [0.25, 0.3) is 5.91 Å². The molecule has 20 heavy (non-hydrogen) atoms. The number of amides is 1. The van der Waals surface area contributed by atoms with E-state index in [1.165, 1.54) is 0 Å². The summed E-state index contributed by atoms with van der Waals surface area (Å²) in [6, 6.07) is 9.73. The minimum Gasteiger partial charge on any atom is -0.369 e. The Labute approximate surface area is 116 Å². The number of carbonyl (C=O) groups excluding carboxylic acids is 1. The SMILES string of the molecule is CN(C)C=Nc1c(C(N)=O)nnn1Cc1ccccc1. The summed E-state index contributed by atoms with van der Waals surface area (Å²) in [5.74, 6) is -0.287. The maximum atomic E-state index is 11.4. The third kappa shape index (κ3) is 3.19. The number of hydrogen-bond acceptors (Lipinski definition) is 4. The molecule has 0 atom stereocenters. The highest BCUT2D eigenvalue weighted by molar-refractivity contribution is 5.95. The van der Waals surface area contributed by atoms with Gasteiger partial charge in [-0.1, -0.05) is 35.5 Å². The van der Waals surface area contributed by atoms with E-state index in [4.69, 9.17) is 5.73 Å². The molecule has 0 spiro atoms. The largest absolute Gasteiger partial charge is 0.369 e. The summed E-state index contributed by atoms with van der Waals surface area (Å²) < 4.78 is 1.55. The molecule has 0 aliphatic heterocycles. The van der Waals surface area contributed by atoms with E-state index in [1.54, 1.807) is 15.9 Å². The first-order valence-electron chi connectivity index (χ1n) is 6.05. The molecule has 0 unspecified atom stereocenters. The highest BCUT2D eigenvalue weighted by Crippen LogP contribution is 2.17. The monoisotopic (exact) mass is 272 g/mol. The van der Waals surface area contributed by atoms with Gasteiger partial charge < -0.3 is 10.6 Å². The van der Waals surface area contributed by atoms with Gasteiger partial charge in [0.15, 0.2) is 11.5 Å². The molecule has 0 bridgehead atoms. The van der Waals surface area contributed by atoms with Gasteiger partial charge in [0, 0.05) is 14.1 Å². The van der Waals surface area contributed by atoms with Crippen molar-refractivity contribution in [1.82, 2.24) is 19.9 Å². The second-order valence-electron chi connectivity index (χ2n) is 4.48. The van der Waals surface area contributed by atoms with E-state index >= 15 is 0 Å². The van der Waals surface area contributed by atoms with Crippen molar-refractivity contribution in [2.24, 2.45) is 10.7 Å². The van der Waals surface area contributed by atoms with Gasteiger partial charge >= 0.3 is 0 Å². The zero-order valence-electron chi connectivity index (χ0n) is 11.4. The normalized spacial score (nSPS) is 10.9. The Morgan fingerprint density at radius 1 is 1.40 bits per heavy atom. The lowest BCUT2D eigenvalue weighted by atomic mass is 10.2. The third-order valence-electron chi connectivity index (χ3n) is 2.53. The average molecular weight is 272 g/mol. The second kappa shape index (κ2) is 5.96. The molecule has 0 saturated carbocycles. The molecule has 1 aromatic carbocycles. The molecule has 0 radical (unpaired) electrons. The summed E-state index contributed by atoms with van der Waals surface area (Å²) >= 11 is 0. The van der Waals surface area contributed by atoms with Crippen molar-refractivity contribution in [2.45, 2.75) is 6.54 Å². The Morgan fingerprint density at radius 2 is 2.10 bits per heavy atom. The van der Waals surface area contributed by atoms with Crippen LogP contribution in [0.4, 0.5) is 5.82 Å². The van der Waals surface area contributed by atoms with Gasteiger partial charge in [0.2, 0.25) is 0 Å². The van der Waals surface area contributed by atoms with Crippen molar-refractivity contribution in [2.75, 3.05) is 14.1 Å². The predicted octanol–water partition coefficient (Wildman–Crippen LogP) is 0.647. The molecule has 0 fully saturated rings. The van der Waals surface area contributed by atoms with Crippen LogP contribution in [0, 0.1) is 0 Å². The number of nitrogens with zero attached hydrogens (tertiary/aromatic N) is 5. The molecule has 0 aliphatic carbocycles. The fourth-order valence-corrected chi connectivity index (χ4v) is 1.63. The van der Waals surface area contributed by atoms with Crippen LogP contribution in [0.3, 0.4) is 0 Å². The van der Waals surface area contributed by atoms with E-state index in [2.05, 4.69) is 15.3 Å². The van der Waals surface area contributed by atoms with Crippen molar-refractivity contribution >= 4 is 18.1 Å². The van der Waals surface area contributed by atoms with Gasteiger partial charge in [0.05, 0.1) is 12.9 Å². The van der Waals surface area contributed by atoms with Crippen molar-refractivity contribution in [3.8, 4) is 0 Å². The smallest absolute Gasteiger partial charge is 0.273 e. The fraction of sp³-hybridized carbons (Fsp3) is 0.231. The molecule has 0 aliphatic rings. The van der Waals surface area contributed by atoms with E-state index in [1.807, 2.05) is 44.4 Å². The maximum absolute atomic E-state index is 11.4.